The van der Waals surface area contributed by atoms with Crippen molar-refractivity contribution in [2.75, 3.05) is 24.8 Å². The molecular weight excluding hydrogens is 490 g/mol. The molecule has 37 heavy (non-hydrogen) atoms. The first-order chi connectivity index (χ1) is 18.0. The second kappa shape index (κ2) is 9.55. The summed E-state index contributed by atoms with van der Waals surface area (Å²) in [5, 5.41) is 4.99. The first-order valence-electron chi connectivity index (χ1n) is 12.5. The molecule has 9 heteroatoms. The van der Waals surface area contributed by atoms with Gasteiger partial charge in [-0.15, -0.1) is 11.3 Å². The average Bonchev–Trinajstić information content (AvgIpc) is 3.67. The van der Waals surface area contributed by atoms with Gasteiger partial charge in [-0.2, -0.15) is 0 Å². The van der Waals surface area contributed by atoms with Gasteiger partial charge in [-0.3, -0.25) is 19.3 Å². The summed E-state index contributed by atoms with van der Waals surface area (Å²) in [6.07, 6.45) is 1.59. The number of hydrogen-bond acceptors (Lipinski definition) is 7. The van der Waals surface area contributed by atoms with E-state index in [9.17, 15) is 14.4 Å². The third-order valence-corrected chi connectivity index (χ3v) is 8.35. The summed E-state index contributed by atoms with van der Waals surface area (Å²) in [5.41, 5.74) is 2.54. The highest BCUT2D eigenvalue weighted by molar-refractivity contribution is 7.10. The number of benzene rings is 2. The minimum atomic E-state index is -0.337. The molecule has 1 N–H and O–H groups in total. The van der Waals surface area contributed by atoms with Crippen molar-refractivity contribution in [2.45, 2.75) is 32.4 Å². The Bertz CT molecular complexity index is 1370. The number of piperidine rings is 1. The molecule has 0 radical (unpaired) electrons. The number of nitrogens with one attached hydrogen (secondary N) is 1. The Morgan fingerprint density at radius 3 is 2.81 bits per heavy atom. The summed E-state index contributed by atoms with van der Waals surface area (Å²) >= 11 is 1.53. The van der Waals surface area contributed by atoms with Gasteiger partial charge in [0.1, 0.15) is 0 Å². The number of amides is 3. The van der Waals surface area contributed by atoms with Crippen LogP contribution in [0.2, 0.25) is 0 Å². The molecule has 3 aliphatic rings. The molecule has 0 saturated carbocycles. The molecular formula is C28H27N3O5S. The summed E-state index contributed by atoms with van der Waals surface area (Å²) in [5.74, 6) is 0.626. The summed E-state index contributed by atoms with van der Waals surface area (Å²) in [4.78, 5) is 44.3. The maximum absolute atomic E-state index is 13.5. The van der Waals surface area contributed by atoms with Crippen molar-refractivity contribution in [1.29, 1.82) is 0 Å². The van der Waals surface area contributed by atoms with Crippen molar-refractivity contribution in [2.24, 2.45) is 5.92 Å². The number of carbonyl (C=O) groups is 3. The fraction of sp³-hybridized carbons (Fsp3) is 0.321. The van der Waals surface area contributed by atoms with Gasteiger partial charge in [0.25, 0.3) is 11.8 Å². The molecule has 4 heterocycles. The molecule has 8 nitrogen and oxygen atoms in total. The summed E-state index contributed by atoms with van der Waals surface area (Å²) in [6, 6.07) is 14.6. The SMILES string of the molecule is C[C@@H](c1cccs1)N1C(=O)c2cccc(N3CCC[C@@H](C(=O)NCc4ccc5c(c4)OCO5)C3)c2C1=O. The monoisotopic (exact) mass is 517 g/mol. The van der Waals surface area contributed by atoms with E-state index in [-0.39, 0.29) is 36.5 Å². The topological polar surface area (TPSA) is 88.2 Å². The van der Waals surface area contributed by atoms with Crippen molar-refractivity contribution in [1.82, 2.24) is 10.2 Å². The van der Waals surface area contributed by atoms with E-state index >= 15 is 0 Å². The zero-order valence-electron chi connectivity index (χ0n) is 20.4. The minimum Gasteiger partial charge on any atom is -0.454 e. The lowest BCUT2D eigenvalue weighted by Gasteiger charge is -2.34. The van der Waals surface area contributed by atoms with E-state index in [2.05, 4.69) is 10.2 Å². The van der Waals surface area contributed by atoms with Gasteiger partial charge in [0.2, 0.25) is 12.7 Å². The van der Waals surface area contributed by atoms with E-state index in [0.717, 1.165) is 35.5 Å². The zero-order chi connectivity index (χ0) is 25.5. The molecule has 2 atom stereocenters. The lowest BCUT2D eigenvalue weighted by molar-refractivity contribution is -0.125. The van der Waals surface area contributed by atoms with Crippen LogP contribution in [0.3, 0.4) is 0 Å². The van der Waals surface area contributed by atoms with Gasteiger partial charge < -0.3 is 19.7 Å². The van der Waals surface area contributed by atoms with Gasteiger partial charge in [0, 0.05) is 24.5 Å². The Hall–Kier alpha value is -3.85. The molecule has 190 valence electrons. The van der Waals surface area contributed by atoms with E-state index in [1.165, 1.54) is 16.2 Å². The van der Waals surface area contributed by atoms with Gasteiger partial charge in [0.15, 0.2) is 11.5 Å². The predicted molar refractivity (Wildman–Crippen MR) is 139 cm³/mol. The Morgan fingerprint density at radius 1 is 1.11 bits per heavy atom. The van der Waals surface area contributed by atoms with Crippen LogP contribution in [0.5, 0.6) is 11.5 Å². The maximum atomic E-state index is 13.5. The number of carbonyl (C=O) groups excluding carboxylic acids is 3. The first kappa shape index (κ1) is 23.5. The highest BCUT2D eigenvalue weighted by atomic mass is 32.1. The predicted octanol–water partition coefficient (Wildman–Crippen LogP) is 4.37. The lowest BCUT2D eigenvalue weighted by Crippen LogP contribution is -2.43. The summed E-state index contributed by atoms with van der Waals surface area (Å²) in [6.45, 7) is 3.71. The van der Waals surface area contributed by atoms with Crippen LogP contribution >= 0.6 is 11.3 Å². The number of nitrogens with zero attached hydrogens (tertiary/aromatic N) is 2. The molecule has 0 unspecified atom stereocenters. The molecule has 0 bridgehead atoms. The molecule has 0 spiro atoms. The molecule has 3 amide bonds. The minimum absolute atomic E-state index is 0.0229. The van der Waals surface area contributed by atoms with Gasteiger partial charge in [-0.25, -0.2) is 0 Å². The fourth-order valence-electron chi connectivity index (χ4n) is 5.35. The molecule has 0 aliphatic carbocycles. The van der Waals surface area contributed by atoms with E-state index in [4.69, 9.17) is 9.47 Å². The quantitative estimate of drug-likeness (QED) is 0.489. The number of anilines is 1. The van der Waals surface area contributed by atoms with Crippen molar-refractivity contribution in [3.05, 3.63) is 75.5 Å². The van der Waals surface area contributed by atoms with Gasteiger partial charge in [-0.05, 0) is 61.0 Å². The fourth-order valence-corrected chi connectivity index (χ4v) is 6.13. The zero-order valence-corrected chi connectivity index (χ0v) is 21.3. The number of ether oxygens (including phenoxy) is 2. The molecule has 1 saturated heterocycles. The molecule has 3 aromatic rings. The standard InChI is InChI=1S/C28H27N3O5S/c1-17(24-8-4-12-37-24)31-27(33)20-6-2-7-21(25(20)28(31)34)30-11-3-5-19(15-30)26(32)29-14-18-9-10-22-23(13-18)36-16-35-22/h2,4,6-10,12-13,17,19H,3,5,11,14-16H2,1H3,(H,29,32)/t17-,19+/m0/s1. The number of fused-ring (bicyclic) bond motifs is 2. The number of hydrogen-bond donors (Lipinski definition) is 1. The third kappa shape index (κ3) is 4.23. The molecule has 1 aromatic heterocycles. The van der Waals surface area contributed by atoms with Crippen molar-refractivity contribution in [3.63, 3.8) is 0 Å². The van der Waals surface area contributed by atoms with Crippen LogP contribution in [-0.2, 0) is 11.3 Å². The largest absolute Gasteiger partial charge is 0.454 e. The normalized spacial score (nSPS) is 19.2. The van der Waals surface area contributed by atoms with Gasteiger partial charge in [-0.1, -0.05) is 18.2 Å². The Balaban J connectivity index is 1.17. The Labute approximate surface area is 218 Å². The van der Waals surface area contributed by atoms with E-state index in [0.29, 0.717) is 35.7 Å². The average molecular weight is 518 g/mol. The van der Waals surface area contributed by atoms with Gasteiger partial charge >= 0.3 is 0 Å². The lowest BCUT2D eigenvalue weighted by atomic mass is 9.95. The Morgan fingerprint density at radius 2 is 1.97 bits per heavy atom. The van der Waals surface area contributed by atoms with Crippen LogP contribution in [0.1, 0.15) is 57.0 Å². The second-order valence-electron chi connectivity index (χ2n) is 9.56. The third-order valence-electron chi connectivity index (χ3n) is 7.30. The van der Waals surface area contributed by atoms with Crippen molar-refractivity contribution >= 4 is 34.7 Å². The second-order valence-corrected chi connectivity index (χ2v) is 10.5. The van der Waals surface area contributed by atoms with Crippen LogP contribution in [0.4, 0.5) is 5.69 Å². The number of rotatable bonds is 6. The van der Waals surface area contributed by atoms with E-state index < -0.39 is 0 Å². The van der Waals surface area contributed by atoms with Crippen molar-refractivity contribution in [3.8, 4) is 11.5 Å². The smallest absolute Gasteiger partial charge is 0.264 e. The maximum Gasteiger partial charge on any atom is 0.264 e. The first-order valence-corrected chi connectivity index (χ1v) is 13.3. The Kier molecular flexibility index (Phi) is 6.08. The number of imide groups is 1. The highest BCUT2D eigenvalue weighted by Gasteiger charge is 2.42. The van der Waals surface area contributed by atoms with Crippen LogP contribution < -0.4 is 19.7 Å². The summed E-state index contributed by atoms with van der Waals surface area (Å²) < 4.78 is 10.8. The van der Waals surface area contributed by atoms with Crippen LogP contribution in [0.25, 0.3) is 0 Å². The van der Waals surface area contributed by atoms with Gasteiger partial charge in [0.05, 0.1) is 28.8 Å². The van der Waals surface area contributed by atoms with Crippen molar-refractivity contribution < 1.29 is 23.9 Å². The number of thiophene rings is 1. The highest BCUT2D eigenvalue weighted by Crippen LogP contribution is 2.38. The molecule has 3 aliphatic heterocycles. The van der Waals surface area contributed by atoms with Crippen LogP contribution in [-0.4, -0.2) is 42.5 Å². The molecule has 1 fully saturated rings. The summed E-state index contributed by atoms with van der Waals surface area (Å²) in [7, 11) is 0. The van der Waals surface area contributed by atoms with Crippen LogP contribution in [0, 0.1) is 5.92 Å². The molecule has 2 aromatic carbocycles. The van der Waals surface area contributed by atoms with Crippen LogP contribution in [0.15, 0.2) is 53.9 Å². The van der Waals surface area contributed by atoms with E-state index in [1.54, 1.807) is 6.07 Å². The van der Waals surface area contributed by atoms with E-state index in [1.807, 2.05) is 54.8 Å². The molecule has 6 rings (SSSR count).